The predicted molar refractivity (Wildman–Crippen MR) is 99.3 cm³/mol. The zero-order valence-electron chi connectivity index (χ0n) is 14.6. The number of nitrogens with zero attached hydrogens (tertiary/aromatic N) is 3. The van der Waals surface area contributed by atoms with E-state index in [4.69, 9.17) is 4.65 Å². The summed E-state index contributed by atoms with van der Waals surface area (Å²) in [6, 6.07) is 8.17. The normalized spacial score (nSPS) is 21.3. The Morgan fingerprint density at radius 3 is 3.12 bits per heavy atom. The summed E-state index contributed by atoms with van der Waals surface area (Å²) in [5, 5.41) is 25.6. The molecule has 1 aromatic heterocycles. The molecule has 2 atom stereocenters. The van der Waals surface area contributed by atoms with Gasteiger partial charge in [0.15, 0.2) is 0 Å². The van der Waals surface area contributed by atoms with Crippen LogP contribution >= 0.6 is 0 Å². The van der Waals surface area contributed by atoms with Gasteiger partial charge in [-0.3, -0.25) is 0 Å². The van der Waals surface area contributed by atoms with Crippen molar-refractivity contribution >= 4 is 30.0 Å². The Morgan fingerprint density at radius 1 is 1.38 bits per heavy atom. The largest absolute Gasteiger partial charge is 0.491 e. The number of aromatic nitrogens is 2. The lowest BCUT2D eigenvalue weighted by Crippen LogP contribution is -2.27. The second-order valence-electron chi connectivity index (χ2n) is 6.84. The van der Waals surface area contributed by atoms with Crippen molar-refractivity contribution in [2.24, 2.45) is 5.92 Å². The molecule has 2 aliphatic rings. The molecule has 26 heavy (non-hydrogen) atoms. The number of nitrogens with one attached hydrogen (secondary N) is 2. The first kappa shape index (κ1) is 16.8. The molecule has 1 aliphatic heterocycles. The summed E-state index contributed by atoms with van der Waals surface area (Å²) in [5.41, 5.74) is 3.54. The number of fused-ring (bicyclic) bond motifs is 1. The highest BCUT2D eigenvalue weighted by atomic mass is 16.5. The Hall–Kier alpha value is -2.63. The molecule has 0 unspecified atom stereocenters. The zero-order chi connectivity index (χ0) is 18.1. The highest BCUT2D eigenvalue weighted by Crippen LogP contribution is 2.29. The SMILES string of the molecule is Cc1cnc(Nc2ccc3c(c2)COB3O)nc1N[C@@H]1CCC[C@H]1C#N. The number of hydrogen-bond acceptors (Lipinski definition) is 7. The van der Waals surface area contributed by atoms with Crippen LogP contribution in [0.2, 0.25) is 0 Å². The smallest absolute Gasteiger partial charge is 0.423 e. The van der Waals surface area contributed by atoms with Gasteiger partial charge >= 0.3 is 7.12 Å². The van der Waals surface area contributed by atoms with Gasteiger partial charge in [0.1, 0.15) is 5.82 Å². The summed E-state index contributed by atoms with van der Waals surface area (Å²) in [6.45, 7) is 2.35. The first-order chi connectivity index (χ1) is 12.6. The molecule has 1 saturated carbocycles. The van der Waals surface area contributed by atoms with Crippen LogP contribution in [-0.2, 0) is 11.3 Å². The summed E-state index contributed by atoms with van der Waals surface area (Å²) in [4.78, 5) is 8.93. The molecule has 4 rings (SSSR count). The minimum Gasteiger partial charge on any atom is -0.423 e. The molecule has 0 saturated heterocycles. The van der Waals surface area contributed by atoms with Gasteiger partial charge in [0.05, 0.1) is 18.6 Å². The third-order valence-corrected chi connectivity index (χ3v) is 5.04. The molecule has 8 heteroatoms. The Balaban J connectivity index is 1.52. The van der Waals surface area contributed by atoms with Crippen molar-refractivity contribution in [2.75, 3.05) is 10.6 Å². The van der Waals surface area contributed by atoms with E-state index in [0.29, 0.717) is 12.6 Å². The van der Waals surface area contributed by atoms with Gasteiger partial charge in [-0.15, -0.1) is 0 Å². The van der Waals surface area contributed by atoms with E-state index >= 15 is 0 Å². The van der Waals surface area contributed by atoms with Crippen LogP contribution in [0.1, 0.15) is 30.4 Å². The fourth-order valence-corrected chi connectivity index (χ4v) is 3.55. The predicted octanol–water partition coefficient (Wildman–Crippen LogP) is 1.85. The van der Waals surface area contributed by atoms with Crippen LogP contribution in [0, 0.1) is 24.2 Å². The van der Waals surface area contributed by atoms with Crippen LogP contribution in [0.3, 0.4) is 0 Å². The maximum Gasteiger partial charge on any atom is 0.491 e. The van der Waals surface area contributed by atoms with Crippen LogP contribution in [0.15, 0.2) is 24.4 Å². The molecular formula is C18H20BN5O2. The highest BCUT2D eigenvalue weighted by molar-refractivity contribution is 6.61. The van der Waals surface area contributed by atoms with Crippen molar-refractivity contribution in [3.8, 4) is 6.07 Å². The summed E-state index contributed by atoms with van der Waals surface area (Å²) in [6.07, 6.45) is 4.76. The zero-order valence-corrected chi connectivity index (χ0v) is 14.6. The number of anilines is 3. The summed E-state index contributed by atoms with van der Waals surface area (Å²) in [7, 11) is -0.843. The van der Waals surface area contributed by atoms with E-state index in [1.165, 1.54) is 0 Å². The Morgan fingerprint density at radius 2 is 2.27 bits per heavy atom. The molecule has 0 amide bonds. The van der Waals surface area contributed by atoms with Gasteiger partial charge in [-0.1, -0.05) is 6.07 Å². The standard InChI is InChI=1S/C18H20BN5O2/c1-11-9-21-18(24-17(11)23-16-4-2-3-12(16)8-20)22-14-5-6-15-13(7-14)10-26-19(15)25/h5-7,9,12,16,25H,2-4,10H2,1H3,(H2,21,22,23,24)/t12-,16+/m0/s1. The molecule has 3 N–H and O–H groups in total. The van der Waals surface area contributed by atoms with Gasteiger partial charge in [-0.2, -0.15) is 10.2 Å². The van der Waals surface area contributed by atoms with E-state index in [-0.39, 0.29) is 12.0 Å². The van der Waals surface area contributed by atoms with Crippen molar-refractivity contribution < 1.29 is 9.68 Å². The number of rotatable bonds is 4. The number of hydrogen-bond donors (Lipinski definition) is 3. The lowest BCUT2D eigenvalue weighted by Gasteiger charge is -2.18. The molecule has 0 bridgehead atoms. The second kappa shape index (κ2) is 6.94. The van der Waals surface area contributed by atoms with Crippen LogP contribution in [-0.4, -0.2) is 28.2 Å². The second-order valence-corrected chi connectivity index (χ2v) is 6.84. The van der Waals surface area contributed by atoms with Crippen molar-refractivity contribution in [3.63, 3.8) is 0 Å². The Labute approximate surface area is 152 Å². The van der Waals surface area contributed by atoms with Gasteiger partial charge in [-0.25, -0.2) is 4.98 Å². The molecule has 0 spiro atoms. The summed E-state index contributed by atoms with van der Waals surface area (Å²) in [5.74, 6) is 1.28. The molecule has 1 aliphatic carbocycles. The maximum atomic E-state index is 9.71. The molecule has 0 radical (unpaired) electrons. The maximum absolute atomic E-state index is 9.71. The van der Waals surface area contributed by atoms with E-state index in [1.807, 2.05) is 25.1 Å². The van der Waals surface area contributed by atoms with Crippen LogP contribution in [0.25, 0.3) is 0 Å². The van der Waals surface area contributed by atoms with Gasteiger partial charge in [0, 0.05) is 23.5 Å². The van der Waals surface area contributed by atoms with Crippen LogP contribution < -0.4 is 16.1 Å². The first-order valence-corrected chi connectivity index (χ1v) is 8.83. The quantitative estimate of drug-likeness (QED) is 0.724. The summed E-state index contributed by atoms with van der Waals surface area (Å²) >= 11 is 0. The summed E-state index contributed by atoms with van der Waals surface area (Å²) < 4.78 is 5.22. The molecule has 7 nitrogen and oxygen atoms in total. The number of benzene rings is 1. The van der Waals surface area contributed by atoms with Gasteiger partial charge in [0.2, 0.25) is 5.95 Å². The van der Waals surface area contributed by atoms with Crippen molar-refractivity contribution in [1.82, 2.24) is 9.97 Å². The molecule has 1 aromatic carbocycles. The van der Waals surface area contributed by atoms with E-state index < -0.39 is 7.12 Å². The minimum atomic E-state index is -0.843. The molecule has 2 heterocycles. The van der Waals surface area contributed by atoms with Crippen LogP contribution in [0.4, 0.5) is 17.5 Å². The highest BCUT2D eigenvalue weighted by Gasteiger charge is 2.28. The average molecular weight is 349 g/mol. The van der Waals surface area contributed by atoms with Gasteiger partial charge in [0.25, 0.3) is 0 Å². The molecular weight excluding hydrogens is 329 g/mol. The van der Waals surface area contributed by atoms with Crippen molar-refractivity contribution in [1.29, 1.82) is 5.26 Å². The molecule has 2 aromatic rings. The fourth-order valence-electron chi connectivity index (χ4n) is 3.55. The van der Waals surface area contributed by atoms with Gasteiger partial charge in [-0.05, 0) is 49.3 Å². The van der Waals surface area contributed by atoms with Crippen molar-refractivity contribution in [3.05, 3.63) is 35.5 Å². The molecule has 132 valence electrons. The average Bonchev–Trinajstić information content (AvgIpc) is 3.24. The lowest BCUT2D eigenvalue weighted by molar-refractivity contribution is 0.275. The minimum absolute atomic E-state index is 0.0314. The fraction of sp³-hybridized carbons (Fsp3) is 0.389. The van der Waals surface area contributed by atoms with E-state index in [9.17, 15) is 10.3 Å². The lowest BCUT2D eigenvalue weighted by atomic mass is 9.79. The van der Waals surface area contributed by atoms with Crippen molar-refractivity contribution in [2.45, 2.75) is 38.8 Å². The topological polar surface area (TPSA) is 103 Å². The third kappa shape index (κ3) is 3.23. The molecule has 1 fully saturated rings. The van der Waals surface area contributed by atoms with Gasteiger partial charge < -0.3 is 20.3 Å². The van der Waals surface area contributed by atoms with E-state index in [2.05, 4.69) is 26.7 Å². The Bertz CT molecular complexity index is 869. The Kier molecular flexibility index (Phi) is 4.49. The third-order valence-electron chi connectivity index (χ3n) is 5.04. The van der Waals surface area contributed by atoms with E-state index in [0.717, 1.165) is 47.4 Å². The van der Waals surface area contributed by atoms with Crippen LogP contribution in [0.5, 0.6) is 0 Å². The number of nitriles is 1. The van der Waals surface area contributed by atoms with E-state index in [1.54, 1.807) is 6.20 Å². The monoisotopic (exact) mass is 349 g/mol. The number of aryl methyl sites for hydroxylation is 1. The first-order valence-electron chi connectivity index (χ1n) is 8.83.